The van der Waals surface area contributed by atoms with Crippen LogP contribution in [0.3, 0.4) is 0 Å². The van der Waals surface area contributed by atoms with Crippen molar-refractivity contribution in [1.82, 2.24) is 4.90 Å². The highest BCUT2D eigenvalue weighted by Gasteiger charge is 2.27. The molecule has 1 amide bonds. The molecule has 0 bridgehead atoms. The molecule has 1 unspecified atom stereocenters. The number of amides is 1. The Balaban J connectivity index is 2.57. The predicted molar refractivity (Wildman–Crippen MR) is 76.5 cm³/mol. The van der Waals surface area contributed by atoms with Gasteiger partial charge in [-0.3, -0.25) is 9.46 Å². The summed E-state index contributed by atoms with van der Waals surface area (Å²) in [7, 11) is -1.48. The van der Waals surface area contributed by atoms with Crippen molar-refractivity contribution in [3.8, 4) is 0 Å². The fourth-order valence-corrected chi connectivity index (χ4v) is 2.21. The van der Waals surface area contributed by atoms with Gasteiger partial charge in [0.25, 0.3) is 0 Å². The lowest BCUT2D eigenvalue weighted by Crippen LogP contribution is -2.43. The van der Waals surface area contributed by atoms with Gasteiger partial charge in [-0.05, 0) is 12.0 Å². The Kier molecular flexibility index (Phi) is 6.91. The molecular weight excluding hydrogens is 297 g/mol. The Morgan fingerprint density at radius 2 is 1.95 bits per heavy atom. The number of hydrogen-bond acceptors (Lipinski definition) is 4. The molecular formula is C13H18NO6P. The van der Waals surface area contributed by atoms with E-state index in [4.69, 9.17) is 14.7 Å². The summed E-state index contributed by atoms with van der Waals surface area (Å²) in [4.78, 5) is 32.6. The topological polar surface area (TPSA) is 104 Å². The van der Waals surface area contributed by atoms with E-state index in [-0.39, 0.29) is 19.2 Å². The van der Waals surface area contributed by atoms with Crippen LogP contribution in [0.2, 0.25) is 0 Å². The SMILES string of the molecule is CN(C(=O)OCc1ccccc1)[C@@H](CC[PH](=O)O)C(=O)O. The molecule has 1 aromatic carbocycles. The largest absolute Gasteiger partial charge is 0.480 e. The summed E-state index contributed by atoms with van der Waals surface area (Å²) >= 11 is 0. The maximum Gasteiger partial charge on any atom is 0.410 e. The van der Waals surface area contributed by atoms with Crippen LogP contribution < -0.4 is 0 Å². The molecule has 0 saturated carbocycles. The number of carboxylic acid groups (broad SMARTS) is 1. The molecule has 2 atom stereocenters. The molecule has 21 heavy (non-hydrogen) atoms. The molecule has 0 aliphatic carbocycles. The van der Waals surface area contributed by atoms with Crippen molar-refractivity contribution in [2.75, 3.05) is 13.2 Å². The molecule has 7 nitrogen and oxygen atoms in total. The number of carbonyl (C=O) groups excluding carboxylic acids is 1. The molecule has 0 aliphatic heterocycles. The van der Waals surface area contributed by atoms with E-state index < -0.39 is 26.1 Å². The molecule has 0 heterocycles. The number of nitrogens with zero attached hydrogens (tertiary/aromatic N) is 1. The maximum absolute atomic E-state index is 11.8. The Morgan fingerprint density at radius 3 is 2.48 bits per heavy atom. The lowest BCUT2D eigenvalue weighted by atomic mass is 10.2. The van der Waals surface area contributed by atoms with Crippen molar-refractivity contribution >= 4 is 20.1 Å². The second-order valence-electron chi connectivity index (χ2n) is 4.44. The van der Waals surface area contributed by atoms with Gasteiger partial charge < -0.3 is 14.7 Å². The van der Waals surface area contributed by atoms with E-state index in [0.717, 1.165) is 10.5 Å². The van der Waals surface area contributed by atoms with Gasteiger partial charge in [0, 0.05) is 13.2 Å². The molecule has 8 heteroatoms. The fourth-order valence-electron chi connectivity index (χ4n) is 1.69. The summed E-state index contributed by atoms with van der Waals surface area (Å²) in [5.74, 6) is -1.24. The van der Waals surface area contributed by atoms with E-state index in [1.165, 1.54) is 7.05 Å². The number of carbonyl (C=O) groups is 2. The lowest BCUT2D eigenvalue weighted by molar-refractivity contribution is -0.142. The number of rotatable bonds is 7. The van der Waals surface area contributed by atoms with Crippen molar-refractivity contribution in [3.63, 3.8) is 0 Å². The Labute approximate surface area is 123 Å². The lowest BCUT2D eigenvalue weighted by Gasteiger charge is -2.23. The van der Waals surface area contributed by atoms with Gasteiger partial charge in [-0.1, -0.05) is 30.3 Å². The molecule has 1 aromatic rings. The summed E-state index contributed by atoms with van der Waals surface area (Å²) in [6.07, 6.45) is -1.04. The first-order chi connectivity index (χ1) is 9.91. The molecule has 0 saturated heterocycles. The van der Waals surface area contributed by atoms with Gasteiger partial charge >= 0.3 is 12.1 Å². The Bertz CT molecular complexity index is 507. The van der Waals surface area contributed by atoms with Crippen LogP contribution >= 0.6 is 8.03 Å². The van der Waals surface area contributed by atoms with Gasteiger partial charge in [-0.2, -0.15) is 0 Å². The van der Waals surface area contributed by atoms with E-state index in [1.807, 2.05) is 6.07 Å². The molecule has 0 spiro atoms. The molecule has 0 fully saturated rings. The molecule has 0 aromatic heterocycles. The van der Waals surface area contributed by atoms with E-state index >= 15 is 0 Å². The minimum Gasteiger partial charge on any atom is -0.480 e. The third-order valence-electron chi connectivity index (χ3n) is 2.88. The Morgan fingerprint density at radius 1 is 1.33 bits per heavy atom. The second-order valence-corrected chi connectivity index (χ2v) is 5.73. The summed E-state index contributed by atoms with van der Waals surface area (Å²) in [6.45, 7) is 0.0347. The number of carboxylic acids is 1. The van der Waals surface area contributed by atoms with Gasteiger partial charge in [0.15, 0.2) is 8.03 Å². The van der Waals surface area contributed by atoms with E-state index in [9.17, 15) is 14.2 Å². The van der Waals surface area contributed by atoms with Crippen LogP contribution in [0.4, 0.5) is 4.79 Å². The van der Waals surface area contributed by atoms with Gasteiger partial charge in [0.2, 0.25) is 0 Å². The zero-order valence-corrected chi connectivity index (χ0v) is 12.6. The normalized spacial score (nSPS) is 13.2. The zero-order chi connectivity index (χ0) is 15.8. The van der Waals surface area contributed by atoms with E-state index in [2.05, 4.69) is 0 Å². The van der Waals surface area contributed by atoms with Crippen molar-refractivity contribution in [1.29, 1.82) is 0 Å². The van der Waals surface area contributed by atoms with Gasteiger partial charge in [-0.15, -0.1) is 0 Å². The van der Waals surface area contributed by atoms with Crippen molar-refractivity contribution < 1.29 is 28.9 Å². The molecule has 0 aliphatic rings. The summed E-state index contributed by atoms with van der Waals surface area (Å²) < 4.78 is 15.7. The number of ether oxygens (including phenoxy) is 1. The van der Waals surface area contributed by atoms with Crippen LogP contribution in [0.25, 0.3) is 0 Å². The van der Waals surface area contributed by atoms with Crippen LogP contribution in [0.5, 0.6) is 0 Å². The van der Waals surface area contributed by atoms with Crippen molar-refractivity contribution in [2.24, 2.45) is 0 Å². The summed E-state index contributed by atoms with van der Waals surface area (Å²) in [6, 6.07) is 7.79. The third-order valence-corrected chi connectivity index (χ3v) is 3.59. The first-order valence-corrected chi connectivity index (χ1v) is 7.86. The van der Waals surface area contributed by atoms with Crippen LogP contribution in [0.1, 0.15) is 12.0 Å². The quantitative estimate of drug-likeness (QED) is 0.740. The van der Waals surface area contributed by atoms with Crippen molar-refractivity contribution in [2.45, 2.75) is 19.1 Å². The molecule has 2 N–H and O–H groups in total. The average molecular weight is 315 g/mol. The number of likely N-dealkylation sites (N-methyl/N-ethyl adjacent to an activating group) is 1. The highest BCUT2D eigenvalue weighted by Crippen LogP contribution is 2.18. The van der Waals surface area contributed by atoms with Crippen LogP contribution in [0, 0.1) is 0 Å². The average Bonchev–Trinajstić information content (AvgIpc) is 2.45. The molecule has 1 rings (SSSR count). The second kappa shape index (κ2) is 8.44. The number of hydrogen-bond donors (Lipinski definition) is 2. The third kappa shape index (κ3) is 5.97. The minimum absolute atomic E-state index is 0.0347. The van der Waals surface area contributed by atoms with Crippen LogP contribution in [0.15, 0.2) is 30.3 Å². The van der Waals surface area contributed by atoms with Crippen LogP contribution in [-0.4, -0.2) is 46.2 Å². The standard InChI is InChI=1S/C13H18NO6P/c1-14(11(12(15)16)7-8-21(18)19)13(17)20-9-10-5-3-2-4-6-10/h2-6,11,21H,7-9H2,1H3,(H,15,16)(H,18,19)/t11-/m0/s1. The Hall–Kier alpha value is -1.85. The minimum atomic E-state index is -2.77. The van der Waals surface area contributed by atoms with E-state index in [0.29, 0.717) is 0 Å². The fraction of sp³-hybridized carbons (Fsp3) is 0.385. The smallest absolute Gasteiger partial charge is 0.410 e. The zero-order valence-electron chi connectivity index (χ0n) is 11.6. The van der Waals surface area contributed by atoms with E-state index in [1.54, 1.807) is 24.3 Å². The van der Waals surface area contributed by atoms with Crippen molar-refractivity contribution in [3.05, 3.63) is 35.9 Å². The molecule has 116 valence electrons. The summed E-state index contributed by atoms with van der Waals surface area (Å²) in [5.41, 5.74) is 0.784. The summed E-state index contributed by atoms with van der Waals surface area (Å²) in [5, 5.41) is 9.07. The van der Waals surface area contributed by atoms with Crippen LogP contribution in [-0.2, 0) is 20.7 Å². The number of aliphatic carboxylic acids is 1. The molecule has 0 radical (unpaired) electrons. The first-order valence-electron chi connectivity index (χ1n) is 6.30. The highest BCUT2D eigenvalue weighted by atomic mass is 31.1. The number of benzene rings is 1. The predicted octanol–water partition coefficient (Wildman–Crippen LogP) is 1.57. The first kappa shape index (κ1) is 17.2. The highest BCUT2D eigenvalue weighted by molar-refractivity contribution is 7.37. The monoisotopic (exact) mass is 315 g/mol. The van der Waals surface area contributed by atoms with Gasteiger partial charge in [-0.25, -0.2) is 9.59 Å². The van der Waals surface area contributed by atoms with Gasteiger partial charge in [0.05, 0.1) is 0 Å². The van der Waals surface area contributed by atoms with Gasteiger partial charge in [0.1, 0.15) is 12.6 Å². The maximum atomic E-state index is 11.8.